The van der Waals surface area contributed by atoms with Crippen LogP contribution in [0.3, 0.4) is 0 Å². The zero-order valence-corrected chi connectivity index (χ0v) is 12.4. The normalized spacial score (nSPS) is 10.0. The Bertz CT molecular complexity index is 605. The number of hydrogen-bond donors (Lipinski definition) is 2. The number of ether oxygens (including phenoxy) is 1. The molecule has 0 spiro atoms. The minimum atomic E-state index is -0.301. The molecule has 1 aromatic carbocycles. The molecule has 2 aromatic rings. The average molecular weight is 306 g/mol. The number of urea groups is 1. The smallest absolute Gasteiger partial charge is 0.319 e. The summed E-state index contributed by atoms with van der Waals surface area (Å²) in [6.45, 7) is 0.527. The van der Waals surface area contributed by atoms with Gasteiger partial charge in [-0.05, 0) is 36.2 Å². The molecule has 5 nitrogen and oxygen atoms in total. The van der Waals surface area contributed by atoms with Gasteiger partial charge in [0.2, 0.25) is 0 Å². The first-order valence-electron chi connectivity index (χ1n) is 6.47. The van der Waals surface area contributed by atoms with Crippen LogP contribution in [0.2, 0.25) is 5.02 Å². The van der Waals surface area contributed by atoms with Crippen molar-refractivity contribution in [3.8, 4) is 5.75 Å². The number of aromatic nitrogens is 1. The minimum Gasteiger partial charge on any atom is -0.493 e. The number of methoxy groups -OCH3 is 1. The van der Waals surface area contributed by atoms with E-state index in [2.05, 4.69) is 15.6 Å². The first kappa shape index (κ1) is 15.1. The van der Waals surface area contributed by atoms with Crippen molar-refractivity contribution in [1.29, 1.82) is 0 Å². The maximum Gasteiger partial charge on any atom is 0.319 e. The highest BCUT2D eigenvalue weighted by atomic mass is 35.5. The van der Waals surface area contributed by atoms with Gasteiger partial charge in [0, 0.05) is 18.9 Å². The zero-order chi connectivity index (χ0) is 15.1. The summed E-state index contributed by atoms with van der Waals surface area (Å²) in [5.74, 6) is 0.448. The number of pyridine rings is 1. The molecule has 2 rings (SSSR count). The van der Waals surface area contributed by atoms with Crippen LogP contribution in [0.25, 0.3) is 0 Å². The third-order valence-corrected chi connectivity index (χ3v) is 3.17. The first-order chi connectivity index (χ1) is 10.2. The fourth-order valence-corrected chi connectivity index (χ4v) is 2.10. The lowest BCUT2D eigenvalue weighted by Gasteiger charge is -2.12. The van der Waals surface area contributed by atoms with E-state index in [0.717, 1.165) is 12.0 Å². The Morgan fingerprint density at radius 3 is 2.76 bits per heavy atom. The van der Waals surface area contributed by atoms with Crippen molar-refractivity contribution in [3.05, 3.63) is 53.3 Å². The van der Waals surface area contributed by atoms with E-state index in [1.807, 2.05) is 12.1 Å². The summed E-state index contributed by atoms with van der Waals surface area (Å²) in [4.78, 5) is 15.8. The highest BCUT2D eigenvalue weighted by Crippen LogP contribution is 2.32. The summed E-state index contributed by atoms with van der Waals surface area (Å²) in [7, 11) is 1.51. The first-order valence-corrected chi connectivity index (χ1v) is 6.84. The quantitative estimate of drug-likeness (QED) is 0.892. The van der Waals surface area contributed by atoms with Crippen molar-refractivity contribution in [2.24, 2.45) is 0 Å². The number of rotatable bonds is 5. The van der Waals surface area contributed by atoms with Gasteiger partial charge in [-0.15, -0.1) is 0 Å². The van der Waals surface area contributed by atoms with E-state index >= 15 is 0 Å². The molecule has 0 aliphatic carbocycles. The molecule has 0 fully saturated rings. The van der Waals surface area contributed by atoms with E-state index in [1.54, 1.807) is 30.6 Å². The summed E-state index contributed by atoms with van der Waals surface area (Å²) in [6.07, 6.45) is 4.20. The van der Waals surface area contributed by atoms with Gasteiger partial charge in [0.15, 0.2) is 5.75 Å². The monoisotopic (exact) mass is 305 g/mol. The SMILES string of the molecule is COc1c(Cl)cccc1NC(=O)NCCc1ccncc1. The Hall–Kier alpha value is -2.27. The summed E-state index contributed by atoms with van der Waals surface area (Å²) in [5, 5.41) is 5.95. The molecule has 0 radical (unpaired) electrons. The molecule has 21 heavy (non-hydrogen) atoms. The van der Waals surface area contributed by atoms with E-state index in [9.17, 15) is 4.79 Å². The number of nitrogens with one attached hydrogen (secondary N) is 2. The number of amides is 2. The number of benzene rings is 1. The predicted octanol–water partition coefficient (Wildman–Crippen LogP) is 3.11. The Labute approximate surface area is 128 Å². The molecule has 0 saturated heterocycles. The molecule has 1 heterocycles. The van der Waals surface area contributed by atoms with Crippen molar-refractivity contribution >= 4 is 23.3 Å². The van der Waals surface area contributed by atoms with Gasteiger partial charge < -0.3 is 15.4 Å². The fourth-order valence-electron chi connectivity index (χ4n) is 1.85. The molecular formula is C15H16ClN3O2. The highest BCUT2D eigenvalue weighted by Gasteiger charge is 2.09. The Morgan fingerprint density at radius 1 is 1.29 bits per heavy atom. The zero-order valence-electron chi connectivity index (χ0n) is 11.6. The lowest BCUT2D eigenvalue weighted by molar-refractivity contribution is 0.252. The maximum atomic E-state index is 11.8. The molecule has 6 heteroatoms. The number of carbonyl (C=O) groups excluding carboxylic acids is 1. The summed E-state index contributed by atoms with van der Waals surface area (Å²) >= 11 is 5.99. The Kier molecular flexibility index (Phi) is 5.40. The third kappa shape index (κ3) is 4.36. The molecule has 0 atom stereocenters. The lowest BCUT2D eigenvalue weighted by atomic mass is 10.2. The van der Waals surface area contributed by atoms with Crippen LogP contribution in [0, 0.1) is 0 Å². The van der Waals surface area contributed by atoms with Crippen LogP contribution >= 0.6 is 11.6 Å². The molecule has 110 valence electrons. The van der Waals surface area contributed by atoms with E-state index in [4.69, 9.17) is 16.3 Å². The predicted molar refractivity (Wildman–Crippen MR) is 83.0 cm³/mol. The number of nitrogens with zero attached hydrogens (tertiary/aromatic N) is 1. The van der Waals surface area contributed by atoms with Crippen molar-refractivity contribution in [2.45, 2.75) is 6.42 Å². The van der Waals surface area contributed by atoms with Crippen LogP contribution in [0.4, 0.5) is 10.5 Å². The van der Waals surface area contributed by atoms with E-state index in [0.29, 0.717) is 23.0 Å². The second kappa shape index (κ2) is 7.50. The van der Waals surface area contributed by atoms with Crippen molar-refractivity contribution in [3.63, 3.8) is 0 Å². The number of anilines is 1. The molecule has 0 aliphatic rings. The standard InChI is InChI=1S/C15H16ClN3O2/c1-21-14-12(16)3-2-4-13(14)19-15(20)18-10-7-11-5-8-17-9-6-11/h2-6,8-9H,7,10H2,1H3,(H2,18,19,20). The minimum absolute atomic E-state index is 0.301. The number of para-hydroxylation sites is 1. The topological polar surface area (TPSA) is 63.2 Å². The fraction of sp³-hybridized carbons (Fsp3) is 0.200. The molecule has 1 aromatic heterocycles. The van der Waals surface area contributed by atoms with Crippen LogP contribution in [-0.4, -0.2) is 24.7 Å². The van der Waals surface area contributed by atoms with Gasteiger partial charge in [0.05, 0.1) is 17.8 Å². The van der Waals surface area contributed by atoms with E-state index in [1.165, 1.54) is 7.11 Å². The number of carbonyl (C=O) groups is 1. The lowest BCUT2D eigenvalue weighted by Crippen LogP contribution is -2.30. The van der Waals surface area contributed by atoms with Crippen LogP contribution < -0.4 is 15.4 Å². The van der Waals surface area contributed by atoms with Crippen LogP contribution in [0.1, 0.15) is 5.56 Å². The van der Waals surface area contributed by atoms with Gasteiger partial charge in [0.1, 0.15) is 0 Å². The summed E-state index contributed by atoms with van der Waals surface area (Å²) in [6, 6.07) is 8.71. The van der Waals surface area contributed by atoms with Crippen LogP contribution in [0.15, 0.2) is 42.7 Å². The van der Waals surface area contributed by atoms with Crippen molar-refractivity contribution in [1.82, 2.24) is 10.3 Å². The molecule has 0 bridgehead atoms. The maximum absolute atomic E-state index is 11.8. The van der Waals surface area contributed by atoms with Gasteiger partial charge in [-0.3, -0.25) is 4.98 Å². The number of halogens is 1. The molecular weight excluding hydrogens is 290 g/mol. The molecule has 2 N–H and O–H groups in total. The van der Waals surface area contributed by atoms with Crippen LogP contribution in [-0.2, 0) is 6.42 Å². The summed E-state index contributed by atoms with van der Waals surface area (Å²) < 4.78 is 5.17. The second-order valence-corrected chi connectivity index (χ2v) is 4.71. The van der Waals surface area contributed by atoms with E-state index < -0.39 is 0 Å². The van der Waals surface area contributed by atoms with Gasteiger partial charge in [-0.1, -0.05) is 17.7 Å². The second-order valence-electron chi connectivity index (χ2n) is 4.31. The molecule has 0 saturated carbocycles. The summed E-state index contributed by atoms with van der Waals surface area (Å²) in [5.41, 5.74) is 1.65. The molecule has 0 aliphatic heterocycles. The van der Waals surface area contributed by atoms with E-state index in [-0.39, 0.29) is 6.03 Å². The average Bonchev–Trinajstić information content (AvgIpc) is 2.48. The highest BCUT2D eigenvalue weighted by molar-refractivity contribution is 6.32. The van der Waals surface area contributed by atoms with Gasteiger partial charge in [-0.25, -0.2) is 4.79 Å². The van der Waals surface area contributed by atoms with Crippen molar-refractivity contribution < 1.29 is 9.53 Å². The van der Waals surface area contributed by atoms with Gasteiger partial charge in [0.25, 0.3) is 0 Å². The Morgan fingerprint density at radius 2 is 2.05 bits per heavy atom. The molecule has 2 amide bonds. The van der Waals surface area contributed by atoms with Crippen molar-refractivity contribution in [2.75, 3.05) is 19.0 Å². The van der Waals surface area contributed by atoms with Gasteiger partial charge in [-0.2, -0.15) is 0 Å². The van der Waals surface area contributed by atoms with Crippen LogP contribution in [0.5, 0.6) is 5.75 Å². The number of hydrogen-bond acceptors (Lipinski definition) is 3. The molecule has 0 unspecified atom stereocenters. The van der Waals surface area contributed by atoms with Gasteiger partial charge >= 0.3 is 6.03 Å². The Balaban J connectivity index is 1.86. The third-order valence-electron chi connectivity index (χ3n) is 2.87. The largest absolute Gasteiger partial charge is 0.493 e.